The summed E-state index contributed by atoms with van der Waals surface area (Å²) in [5.74, 6) is 2.29. The number of esters is 1. The molecule has 0 heterocycles. The Kier molecular flexibility index (Phi) is 4.41. The molecule has 5 rings (SSSR count). The van der Waals surface area contributed by atoms with Gasteiger partial charge in [-0.05, 0) is 75.5 Å². The Balaban J connectivity index is 1.32. The van der Waals surface area contributed by atoms with E-state index in [2.05, 4.69) is 0 Å². The van der Waals surface area contributed by atoms with Crippen molar-refractivity contribution >= 4 is 5.97 Å². The van der Waals surface area contributed by atoms with Gasteiger partial charge in [0.2, 0.25) is 5.67 Å². The summed E-state index contributed by atoms with van der Waals surface area (Å²) in [5, 5.41) is 0. The van der Waals surface area contributed by atoms with Crippen LogP contribution in [0.4, 0.5) is 4.39 Å². The summed E-state index contributed by atoms with van der Waals surface area (Å²) in [6.07, 6.45) is 13.9. The third-order valence-electron chi connectivity index (χ3n) is 7.50. The van der Waals surface area contributed by atoms with E-state index in [0.717, 1.165) is 30.6 Å². The van der Waals surface area contributed by atoms with Crippen molar-refractivity contribution in [1.29, 1.82) is 0 Å². The van der Waals surface area contributed by atoms with Crippen molar-refractivity contribution in [2.24, 2.45) is 29.1 Å². The van der Waals surface area contributed by atoms with Gasteiger partial charge in [0.25, 0.3) is 0 Å². The SMILES string of the molecule is CC(F)(CC1CCCCC1)C(=O)OCC12CC3CC(CC(C3)C1)C2. The van der Waals surface area contributed by atoms with Crippen molar-refractivity contribution in [3.8, 4) is 0 Å². The first-order valence-electron chi connectivity index (χ1n) is 10.3. The summed E-state index contributed by atoms with van der Waals surface area (Å²) in [7, 11) is 0. The third-order valence-corrected chi connectivity index (χ3v) is 7.50. The molecule has 0 aromatic heterocycles. The Morgan fingerprint density at radius 2 is 1.58 bits per heavy atom. The Morgan fingerprint density at radius 3 is 2.12 bits per heavy atom. The van der Waals surface area contributed by atoms with Crippen LogP contribution in [0.1, 0.15) is 84.0 Å². The minimum Gasteiger partial charge on any atom is -0.463 e. The number of hydrogen-bond acceptors (Lipinski definition) is 2. The summed E-state index contributed by atoms with van der Waals surface area (Å²) in [6, 6.07) is 0. The van der Waals surface area contributed by atoms with Gasteiger partial charge in [-0.15, -0.1) is 0 Å². The van der Waals surface area contributed by atoms with Gasteiger partial charge in [0, 0.05) is 5.41 Å². The molecule has 0 amide bonds. The van der Waals surface area contributed by atoms with Crippen LogP contribution in [0.25, 0.3) is 0 Å². The van der Waals surface area contributed by atoms with E-state index in [1.165, 1.54) is 64.7 Å². The normalized spacial score (nSPS) is 41.2. The van der Waals surface area contributed by atoms with E-state index >= 15 is 0 Å². The van der Waals surface area contributed by atoms with E-state index in [4.69, 9.17) is 4.74 Å². The Morgan fingerprint density at radius 1 is 1.04 bits per heavy atom. The van der Waals surface area contributed by atoms with E-state index in [1.807, 2.05) is 0 Å². The average Bonchev–Trinajstić information content (AvgIpc) is 2.52. The van der Waals surface area contributed by atoms with Crippen LogP contribution in [0.3, 0.4) is 0 Å². The molecule has 5 aliphatic carbocycles. The van der Waals surface area contributed by atoms with Crippen LogP contribution in [0.2, 0.25) is 0 Å². The van der Waals surface area contributed by atoms with Gasteiger partial charge in [0.1, 0.15) is 0 Å². The first-order valence-corrected chi connectivity index (χ1v) is 10.3. The second-order valence-electron chi connectivity index (χ2n) is 9.90. The van der Waals surface area contributed by atoms with Crippen LogP contribution in [0.15, 0.2) is 0 Å². The molecule has 0 aromatic carbocycles. The van der Waals surface area contributed by atoms with Gasteiger partial charge in [-0.3, -0.25) is 0 Å². The Labute approximate surface area is 145 Å². The third kappa shape index (κ3) is 3.37. The highest BCUT2D eigenvalue weighted by Crippen LogP contribution is 2.60. The largest absolute Gasteiger partial charge is 0.463 e. The van der Waals surface area contributed by atoms with Crippen molar-refractivity contribution in [3.63, 3.8) is 0 Å². The molecule has 5 aliphatic rings. The highest BCUT2D eigenvalue weighted by Gasteiger charge is 2.52. The summed E-state index contributed by atoms with van der Waals surface area (Å²) in [6.45, 7) is 1.92. The van der Waals surface area contributed by atoms with E-state index in [1.54, 1.807) is 0 Å². The highest BCUT2D eigenvalue weighted by molar-refractivity contribution is 5.78. The fraction of sp³-hybridized carbons (Fsp3) is 0.952. The molecule has 0 aromatic rings. The fourth-order valence-electron chi connectivity index (χ4n) is 6.85. The molecule has 5 fully saturated rings. The maximum Gasteiger partial charge on any atom is 0.343 e. The molecule has 24 heavy (non-hydrogen) atoms. The lowest BCUT2D eigenvalue weighted by molar-refractivity contribution is -0.169. The standard InChI is InChI=1S/C21H33FO2/c1-20(22,10-15-5-3-2-4-6-15)19(23)24-14-21-11-16-7-17(12-21)9-18(8-16)13-21/h15-18H,2-14H2,1H3. The van der Waals surface area contributed by atoms with Crippen molar-refractivity contribution < 1.29 is 13.9 Å². The number of carbonyl (C=O) groups excluding carboxylic acids is 1. The number of carbonyl (C=O) groups is 1. The highest BCUT2D eigenvalue weighted by atomic mass is 19.1. The van der Waals surface area contributed by atoms with Crippen LogP contribution in [-0.4, -0.2) is 18.2 Å². The molecule has 1 atom stereocenters. The van der Waals surface area contributed by atoms with Crippen molar-refractivity contribution in [3.05, 3.63) is 0 Å². The van der Waals surface area contributed by atoms with Crippen molar-refractivity contribution in [2.75, 3.05) is 6.61 Å². The topological polar surface area (TPSA) is 26.3 Å². The van der Waals surface area contributed by atoms with Crippen LogP contribution in [-0.2, 0) is 9.53 Å². The lowest BCUT2D eigenvalue weighted by Crippen LogP contribution is -2.49. The monoisotopic (exact) mass is 336 g/mol. The molecule has 2 nitrogen and oxygen atoms in total. The van der Waals surface area contributed by atoms with Gasteiger partial charge in [-0.25, -0.2) is 9.18 Å². The van der Waals surface area contributed by atoms with Crippen LogP contribution in [0, 0.1) is 29.1 Å². The number of ether oxygens (including phenoxy) is 1. The fourth-order valence-corrected chi connectivity index (χ4v) is 6.85. The minimum absolute atomic E-state index is 0.186. The van der Waals surface area contributed by atoms with E-state index in [0.29, 0.717) is 18.9 Å². The van der Waals surface area contributed by atoms with Crippen LogP contribution >= 0.6 is 0 Å². The zero-order valence-electron chi connectivity index (χ0n) is 15.2. The van der Waals surface area contributed by atoms with Gasteiger partial charge in [-0.1, -0.05) is 32.1 Å². The molecular weight excluding hydrogens is 303 g/mol. The van der Waals surface area contributed by atoms with Gasteiger partial charge in [0.05, 0.1) is 6.61 Å². The lowest BCUT2D eigenvalue weighted by atomic mass is 9.50. The molecule has 0 spiro atoms. The number of rotatable bonds is 5. The molecule has 1 unspecified atom stereocenters. The number of halogens is 1. The Hall–Kier alpha value is -0.600. The van der Waals surface area contributed by atoms with Gasteiger partial charge >= 0.3 is 5.97 Å². The summed E-state index contributed by atoms with van der Waals surface area (Å²) in [4.78, 5) is 12.4. The molecular formula is C21H33FO2. The van der Waals surface area contributed by atoms with E-state index in [9.17, 15) is 9.18 Å². The van der Waals surface area contributed by atoms with Crippen molar-refractivity contribution in [2.45, 2.75) is 89.6 Å². The van der Waals surface area contributed by atoms with Crippen molar-refractivity contribution in [1.82, 2.24) is 0 Å². The molecule has 4 bridgehead atoms. The molecule has 0 saturated heterocycles. The molecule has 136 valence electrons. The summed E-state index contributed by atoms with van der Waals surface area (Å²) < 4.78 is 20.6. The van der Waals surface area contributed by atoms with E-state index < -0.39 is 11.6 Å². The molecule has 5 saturated carbocycles. The van der Waals surface area contributed by atoms with Gasteiger partial charge in [0.15, 0.2) is 0 Å². The zero-order valence-corrected chi connectivity index (χ0v) is 15.2. The molecule has 0 aliphatic heterocycles. The maximum atomic E-state index is 15.0. The average molecular weight is 336 g/mol. The molecule has 0 radical (unpaired) electrons. The first kappa shape index (κ1) is 16.8. The van der Waals surface area contributed by atoms with Gasteiger partial charge < -0.3 is 4.74 Å². The van der Waals surface area contributed by atoms with Gasteiger partial charge in [-0.2, -0.15) is 0 Å². The van der Waals surface area contributed by atoms with E-state index in [-0.39, 0.29) is 5.41 Å². The lowest BCUT2D eigenvalue weighted by Gasteiger charge is -2.56. The first-order chi connectivity index (χ1) is 11.4. The van der Waals surface area contributed by atoms with Crippen LogP contribution in [0.5, 0.6) is 0 Å². The molecule has 0 N–H and O–H groups in total. The summed E-state index contributed by atoms with van der Waals surface area (Å²) in [5.41, 5.74) is -1.62. The second kappa shape index (κ2) is 6.29. The zero-order chi connectivity index (χ0) is 16.8. The number of hydrogen-bond donors (Lipinski definition) is 0. The quantitative estimate of drug-likeness (QED) is 0.624. The molecule has 3 heteroatoms. The minimum atomic E-state index is -1.80. The van der Waals surface area contributed by atoms with Crippen LogP contribution < -0.4 is 0 Å². The predicted octanol–water partition coefficient (Wildman–Crippen LogP) is 5.44. The Bertz CT molecular complexity index is 443. The number of alkyl halides is 1. The summed E-state index contributed by atoms with van der Waals surface area (Å²) >= 11 is 0. The maximum absolute atomic E-state index is 15.0. The second-order valence-corrected chi connectivity index (χ2v) is 9.90. The predicted molar refractivity (Wildman–Crippen MR) is 92.3 cm³/mol. The smallest absolute Gasteiger partial charge is 0.343 e.